The Morgan fingerprint density at radius 3 is 2.17 bits per heavy atom. The van der Waals surface area contributed by atoms with Crippen molar-refractivity contribution in [3.63, 3.8) is 0 Å². The van der Waals surface area contributed by atoms with Crippen molar-refractivity contribution >= 4 is 29.0 Å². The van der Waals surface area contributed by atoms with Crippen molar-refractivity contribution in [2.24, 2.45) is 0 Å². The molecule has 1 saturated carbocycles. The molecule has 1 aliphatic carbocycles. The summed E-state index contributed by atoms with van der Waals surface area (Å²) >= 11 is 1.70. The summed E-state index contributed by atoms with van der Waals surface area (Å²) in [5.74, 6) is 1.81. The van der Waals surface area contributed by atoms with E-state index in [-0.39, 0.29) is 36.4 Å². The first kappa shape index (κ1) is 31.4. The molecule has 1 heterocycles. The van der Waals surface area contributed by atoms with Crippen molar-refractivity contribution in [1.29, 1.82) is 0 Å². The van der Waals surface area contributed by atoms with Gasteiger partial charge >= 0.3 is 6.03 Å². The molecule has 0 unspecified atom stereocenters. The SMILES string of the molecule is COc1ccc(CCN(Cc2ccc(C)s2)C(=O)CN(C(=O)Nc2c(C(C)C)cccc2C(C)C)C2CC2)cc1OC. The molecule has 3 aromatic rings. The van der Waals surface area contributed by atoms with Gasteiger partial charge in [-0.25, -0.2) is 4.79 Å². The first-order valence-corrected chi connectivity index (χ1v) is 15.7. The van der Waals surface area contributed by atoms with E-state index in [1.807, 2.05) is 23.1 Å². The lowest BCUT2D eigenvalue weighted by Gasteiger charge is -2.29. The van der Waals surface area contributed by atoms with Crippen LogP contribution in [0, 0.1) is 6.92 Å². The van der Waals surface area contributed by atoms with Crippen molar-refractivity contribution in [3.05, 3.63) is 75.0 Å². The maximum Gasteiger partial charge on any atom is 0.322 e. The molecule has 1 aromatic heterocycles. The van der Waals surface area contributed by atoms with Crippen LogP contribution in [0.4, 0.5) is 10.5 Å². The molecule has 2 aromatic carbocycles. The number of urea groups is 1. The van der Waals surface area contributed by atoms with Crippen LogP contribution in [-0.2, 0) is 17.8 Å². The van der Waals surface area contributed by atoms with Gasteiger partial charge in [0, 0.05) is 28.0 Å². The highest BCUT2D eigenvalue weighted by molar-refractivity contribution is 7.11. The fourth-order valence-corrected chi connectivity index (χ4v) is 6.13. The lowest BCUT2D eigenvalue weighted by Crippen LogP contribution is -2.46. The highest BCUT2D eigenvalue weighted by Gasteiger charge is 2.35. The molecular formula is C34H45N3O4S. The normalized spacial score (nSPS) is 12.9. The average Bonchev–Trinajstić information content (AvgIpc) is 3.73. The number of ether oxygens (including phenoxy) is 2. The van der Waals surface area contributed by atoms with E-state index in [1.165, 1.54) is 4.88 Å². The minimum Gasteiger partial charge on any atom is -0.493 e. The Labute approximate surface area is 254 Å². The van der Waals surface area contributed by atoms with Gasteiger partial charge in [-0.3, -0.25) is 4.79 Å². The lowest BCUT2D eigenvalue weighted by atomic mass is 9.93. The van der Waals surface area contributed by atoms with Gasteiger partial charge in [0.15, 0.2) is 11.5 Å². The minimum atomic E-state index is -0.201. The number of benzene rings is 2. The van der Waals surface area contributed by atoms with E-state index < -0.39 is 0 Å². The van der Waals surface area contributed by atoms with Crippen molar-refractivity contribution in [1.82, 2.24) is 9.80 Å². The van der Waals surface area contributed by atoms with E-state index in [1.54, 1.807) is 30.5 Å². The number of amides is 3. The molecule has 0 bridgehead atoms. The number of methoxy groups -OCH3 is 2. The maximum absolute atomic E-state index is 13.9. The first-order valence-electron chi connectivity index (χ1n) is 14.9. The largest absolute Gasteiger partial charge is 0.493 e. The Kier molecular flexibility index (Phi) is 10.5. The van der Waals surface area contributed by atoms with Crippen LogP contribution in [0.25, 0.3) is 0 Å². The number of hydrogen-bond donors (Lipinski definition) is 1. The first-order chi connectivity index (χ1) is 20.1. The molecule has 1 fully saturated rings. The van der Waals surface area contributed by atoms with E-state index >= 15 is 0 Å². The molecule has 0 radical (unpaired) electrons. The molecule has 0 saturated heterocycles. The van der Waals surface area contributed by atoms with E-state index in [9.17, 15) is 9.59 Å². The van der Waals surface area contributed by atoms with Gasteiger partial charge in [-0.05, 0) is 79.0 Å². The lowest BCUT2D eigenvalue weighted by molar-refractivity contribution is -0.132. The number of nitrogens with one attached hydrogen (secondary N) is 1. The van der Waals surface area contributed by atoms with E-state index in [0.717, 1.165) is 40.1 Å². The molecule has 0 spiro atoms. The van der Waals surface area contributed by atoms with Gasteiger partial charge in [-0.1, -0.05) is 52.0 Å². The van der Waals surface area contributed by atoms with E-state index in [4.69, 9.17) is 9.47 Å². The third-order valence-electron chi connectivity index (χ3n) is 7.77. The zero-order valence-corrected chi connectivity index (χ0v) is 26.8. The maximum atomic E-state index is 13.9. The number of hydrogen-bond acceptors (Lipinski definition) is 5. The molecular weight excluding hydrogens is 546 g/mol. The summed E-state index contributed by atoms with van der Waals surface area (Å²) in [5.41, 5.74) is 4.16. The number of aryl methyl sites for hydroxylation is 1. The van der Waals surface area contributed by atoms with Crippen molar-refractivity contribution < 1.29 is 19.1 Å². The van der Waals surface area contributed by atoms with E-state index in [0.29, 0.717) is 31.0 Å². The fraction of sp³-hybridized carbons (Fsp3) is 0.471. The van der Waals surface area contributed by atoms with Crippen LogP contribution in [-0.4, -0.2) is 55.1 Å². The molecule has 42 heavy (non-hydrogen) atoms. The molecule has 3 amide bonds. The second-order valence-electron chi connectivity index (χ2n) is 11.7. The topological polar surface area (TPSA) is 71.1 Å². The van der Waals surface area contributed by atoms with Gasteiger partial charge in [-0.2, -0.15) is 0 Å². The standard InChI is InChI=1S/C34H45N3O4S/c1-22(2)28-9-8-10-29(23(3)4)33(28)35-34(39)37(26-13-14-26)21-32(38)36(20-27-15-11-24(5)42-27)18-17-25-12-16-30(40-6)31(19-25)41-7/h8-12,15-16,19,22-23,26H,13-14,17-18,20-21H2,1-7H3,(H,35,39). The predicted molar refractivity (Wildman–Crippen MR) is 171 cm³/mol. The third kappa shape index (κ3) is 7.85. The Bertz CT molecular complexity index is 1350. The van der Waals surface area contributed by atoms with Crippen molar-refractivity contribution in [2.45, 2.75) is 78.3 Å². The number of para-hydroxylation sites is 1. The summed E-state index contributed by atoms with van der Waals surface area (Å²) in [6, 6.07) is 16.1. The fourth-order valence-electron chi connectivity index (χ4n) is 5.22. The number of thiophene rings is 1. The van der Waals surface area contributed by atoms with Crippen LogP contribution in [0.15, 0.2) is 48.5 Å². The Balaban J connectivity index is 1.53. The van der Waals surface area contributed by atoms with Crippen LogP contribution >= 0.6 is 11.3 Å². The van der Waals surface area contributed by atoms with Crippen LogP contribution in [0.5, 0.6) is 11.5 Å². The molecule has 0 aliphatic heterocycles. The molecule has 1 aliphatic rings. The Morgan fingerprint density at radius 1 is 0.952 bits per heavy atom. The third-order valence-corrected chi connectivity index (χ3v) is 8.76. The zero-order chi connectivity index (χ0) is 30.4. The van der Waals surface area contributed by atoms with Crippen molar-refractivity contribution in [2.75, 3.05) is 32.6 Å². The van der Waals surface area contributed by atoms with Gasteiger partial charge in [-0.15, -0.1) is 11.3 Å². The Hall–Kier alpha value is -3.52. The Morgan fingerprint density at radius 2 is 1.62 bits per heavy atom. The van der Waals surface area contributed by atoms with Crippen LogP contribution < -0.4 is 14.8 Å². The number of carbonyl (C=O) groups is 2. The molecule has 226 valence electrons. The van der Waals surface area contributed by atoms with Crippen molar-refractivity contribution in [3.8, 4) is 11.5 Å². The zero-order valence-electron chi connectivity index (χ0n) is 26.0. The molecule has 4 rings (SSSR count). The van der Waals surface area contributed by atoms with Gasteiger partial charge < -0.3 is 24.6 Å². The van der Waals surface area contributed by atoms with Gasteiger partial charge in [0.05, 0.1) is 20.8 Å². The minimum absolute atomic E-state index is 0.0493. The second kappa shape index (κ2) is 14.1. The highest BCUT2D eigenvalue weighted by atomic mass is 32.1. The molecule has 0 atom stereocenters. The van der Waals surface area contributed by atoms with Crippen LogP contribution in [0.3, 0.4) is 0 Å². The number of anilines is 1. The predicted octanol–water partition coefficient (Wildman–Crippen LogP) is 7.59. The van der Waals surface area contributed by atoms with Crippen LogP contribution in [0.2, 0.25) is 0 Å². The van der Waals surface area contributed by atoms with Gasteiger partial charge in [0.25, 0.3) is 0 Å². The monoisotopic (exact) mass is 591 g/mol. The van der Waals surface area contributed by atoms with Crippen LogP contribution in [0.1, 0.15) is 78.8 Å². The molecule has 7 nitrogen and oxygen atoms in total. The summed E-state index contributed by atoms with van der Waals surface area (Å²) in [6.07, 6.45) is 2.49. The second-order valence-corrected chi connectivity index (χ2v) is 13.0. The number of carbonyl (C=O) groups excluding carboxylic acids is 2. The number of rotatable bonds is 13. The smallest absolute Gasteiger partial charge is 0.322 e. The summed E-state index contributed by atoms with van der Waals surface area (Å²) in [6.45, 7) is 11.7. The van der Waals surface area contributed by atoms with Gasteiger partial charge in [0.2, 0.25) is 5.91 Å². The quantitative estimate of drug-likeness (QED) is 0.222. The molecule has 8 heteroatoms. The highest BCUT2D eigenvalue weighted by Crippen LogP contribution is 2.34. The van der Waals surface area contributed by atoms with Gasteiger partial charge in [0.1, 0.15) is 6.54 Å². The summed E-state index contributed by atoms with van der Waals surface area (Å²) in [5, 5.41) is 3.23. The van der Waals surface area contributed by atoms with E-state index in [2.05, 4.69) is 70.3 Å². The molecule has 1 N–H and O–H groups in total. The summed E-state index contributed by atoms with van der Waals surface area (Å²) in [4.78, 5) is 33.7. The number of nitrogens with zero attached hydrogens (tertiary/aromatic N) is 2. The summed E-state index contributed by atoms with van der Waals surface area (Å²) < 4.78 is 10.9. The average molecular weight is 592 g/mol. The summed E-state index contributed by atoms with van der Waals surface area (Å²) in [7, 11) is 3.24.